The van der Waals surface area contributed by atoms with Crippen molar-refractivity contribution in [2.24, 2.45) is 17.8 Å². The molecular formula is C18H34ClN3O2. The van der Waals surface area contributed by atoms with Gasteiger partial charge in [0.05, 0.1) is 5.92 Å². The molecular weight excluding hydrogens is 326 g/mol. The Labute approximate surface area is 152 Å². The molecule has 0 aromatic rings. The number of hydrogen-bond donors (Lipinski definition) is 2. The van der Waals surface area contributed by atoms with Gasteiger partial charge in [0.1, 0.15) is 0 Å². The Morgan fingerprint density at radius 3 is 2.75 bits per heavy atom. The maximum absolute atomic E-state index is 12.4. The smallest absolute Gasteiger partial charge is 0.225 e. The van der Waals surface area contributed by atoms with E-state index >= 15 is 0 Å². The first-order valence-electron chi connectivity index (χ1n) is 9.39. The van der Waals surface area contributed by atoms with Crippen LogP contribution in [-0.2, 0) is 9.59 Å². The van der Waals surface area contributed by atoms with E-state index in [2.05, 4.69) is 10.6 Å². The lowest BCUT2D eigenvalue weighted by Crippen LogP contribution is -2.47. The lowest BCUT2D eigenvalue weighted by molar-refractivity contribution is -0.138. The van der Waals surface area contributed by atoms with Crippen molar-refractivity contribution in [2.45, 2.75) is 52.4 Å². The summed E-state index contributed by atoms with van der Waals surface area (Å²) in [5, 5.41) is 6.51. The van der Waals surface area contributed by atoms with E-state index in [1.54, 1.807) is 0 Å². The highest BCUT2D eigenvalue weighted by Crippen LogP contribution is 2.20. The summed E-state index contributed by atoms with van der Waals surface area (Å²) in [4.78, 5) is 26.6. The van der Waals surface area contributed by atoms with Gasteiger partial charge in [-0.2, -0.15) is 0 Å². The second kappa shape index (κ2) is 10.9. The minimum atomic E-state index is -0.0266. The van der Waals surface area contributed by atoms with Crippen molar-refractivity contribution >= 4 is 24.2 Å². The predicted molar refractivity (Wildman–Crippen MR) is 99.2 cm³/mol. The summed E-state index contributed by atoms with van der Waals surface area (Å²) in [6.45, 7) is 8.39. The van der Waals surface area contributed by atoms with Gasteiger partial charge in [0.2, 0.25) is 11.8 Å². The number of nitrogens with zero attached hydrogens (tertiary/aromatic N) is 1. The van der Waals surface area contributed by atoms with Crippen LogP contribution < -0.4 is 10.6 Å². The van der Waals surface area contributed by atoms with Gasteiger partial charge < -0.3 is 15.5 Å². The van der Waals surface area contributed by atoms with Gasteiger partial charge in [-0.3, -0.25) is 9.59 Å². The number of rotatable bonds is 6. The minimum Gasteiger partial charge on any atom is -0.356 e. The van der Waals surface area contributed by atoms with Gasteiger partial charge in [0, 0.05) is 25.6 Å². The third kappa shape index (κ3) is 6.25. The van der Waals surface area contributed by atoms with Crippen molar-refractivity contribution in [1.29, 1.82) is 0 Å². The van der Waals surface area contributed by atoms with Crippen LogP contribution in [0, 0.1) is 17.8 Å². The second-order valence-electron chi connectivity index (χ2n) is 7.22. The van der Waals surface area contributed by atoms with E-state index in [1.807, 2.05) is 18.7 Å². The third-order valence-corrected chi connectivity index (χ3v) is 5.39. The molecule has 2 heterocycles. The molecule has 0 spiro atoms. The molecule has 3 atom stereocenters. The van der Waals surface area contributed by atoms with Crippen LogP contribution in [0.4, 0.5) is 0 Å². The van der Waals surface area contributed by atoms with Crippen molar-refractivity contribution < 1.29 is 9.59 Å². The molecule has 3 unspecified atom stereocenters. The van der Waals surface area contributed by atoms with Crippen LogP contribution in [-0.4, -0.2) is 49.4 Å². The zero-order chi connectivity index (χ0) is 16.7. The lowest BCUT2D eigenvalue weighted by atomic mass is 9.94. The average Bonchev–Trinajstić information content (AvgIpc) is 2.61. The van der Waals surface area contributed by atoms with Crippen molar-refractivity contribution in [2.75, 3.05) is 32.7 Å². The normalized spacial score (nSPS) is 25.5. The minimum absolute atomic E-state index is 0. The topological polar surface area (TPSA) is 61.4 Å². The standard InChI is InChI=1S/C18H33N3O2.ClH/c1-3-14(2)18(23)21-11-5-7-16(13-21)17(22)20-10-8-15-6-4-9-19-12-15;/h14-16,19H,3-13H2,1-2H3,(H,20,22);1H. The van der Waals surface area contributed by atoms with E-state index in [4.69, 9.17) is 0 Å². The predicted octanol–water partition coefficient (Wildman–Crippen LogP) is 2.20. The van der Waals surface area contributed by atoms with Crippen molar-refractivity contribution in [3.63, 3.8) is 0 Å². The first kappa shape index (κ1) is 21.2. The van der Waals surface area contributed by atoms with Gasteiger partial charge in [-0.1, -0.05) is 13.8 Å². The summed E-state index contributed by atoms with van der Waals surface area (Å²) in [7, 11) is 0. The van der Waals surface area contributed by atoms with Crippen LogP contribution in [0.1, 0.15) is 52.4 Å². The maximum atomic E-state index is 12.4. The summed E-state index contributed by atoms with van der Waals surface area (Å²) < 4.78 is 0. The van der Waals surface area contributed by atoms with Gasteiger partial charge in [-0.15, -0.1) is 12.4 Å². The summed E-state index contributed by atoms with van der Waals surface area (Å²) in [5.74, 6) is 1.07. The molecule has 2 saturated heterocycles. The summed E-state index contributed by atoms with van der Waals surface area (Å²) >= 11 is 0. The average molecular weight is 360 g/mol. The van der Waals surface area contributed by atoms with Gasteiger partial charge in [0.15, 0.2) is 0 Å². The molecule has 2 N–H and O–H groups in total. The fourth-order valence-corrected chi connectivity index (χ4v) is 3.59. The quantitative estimate of drug-likeness (QED) is 0.764. The number of carbonyl (C=O) groups excluding carboxylic acids is 2. The number of hydrogen-bond acceptors (Lipinski definition) is 3. The maximum Gasteiger partial charge on any atom is 0.225 e. The molecule has 0 aliphatic carbocycles. The Kier molecular flexibility index (Phi) is 9.67. The van der Waals surface area contributed by atoms with E-state index in [-0.39, 0.29) is 36.1 Å². The van der Waals surface area contributed by atoms with E-state index < -0.39 is 0 Å². The number of amides is 2. The zero-order valence-electron chi connectivity index (χ0n) is 15.2. The van der Waals surface area contributed by atoms with Crippen LogP contribution in [0.2, 0.25) is 0 Å². The highest BCUT2D eigenvalue weighted by Gasteiger charge is 2.29. The molecule has 0 bridgehead atoms. The Hall–Kier alpha value is -0.810. The molecule has 24 heavy (non-hydrogen) atoms. The lowest BCUT2D eigenvalue weighted by Gasteiger charge is -2.33. The molecule has 2 aliphatic heterocycles. The Morgan fingerprint density at radius 2 is 2.08 bits per heavy atom. The molecule has 2 rings (SSSR count). The fraction of sp³-hybridized carbons (Fsp3) is 0.889. The van der Waals surface area contributed by atoms with Crippen LogP contribution in [0.5, 0.6) is 0 Å². The van der Waals surface area contributed by atoms with Crippen LogP contribution in [0.25, 0.3) is 0 Å². The summed E-state index contributed by atoms with van der Waals surface area (Å²) in [5.41, 5.74) is 0. The number of piperidine rings is 2. The first-order valence-corrected chi connectivity index (χ1v) is 9.39. The largest absolute Gasteiger partial charge is 0.356 e. The fourth-order valence-electron chi connectivity index (χ4n) is 3.59. The van der Waals surface area contributed by atoms with E-state index in [0.29, 0.717) is 12.5 Å². The van der Waals surface area contributed by atoms with Crippen LogP contribution in [0.15, 0.2) is 0 Å². The van der Waals surface area contributed by atoms with Crippen molar-refractivity contribution in [3.05, 3.63) is 0 Å². The molecule has 0 radical (unpaired) electrons. The van der Waals surface area contributed by atoms with E-state index in [9.17, 15) is 9.59 Å². The van der Waals surface area contributed by atoms with Crippen LogP contribution >= 0.6 is 12.4 Å². The first-order chi connectivity index (χ1) is 11.1. The molecule has 2 amide bonds. The SMILES string of the molecule is CCC(C)C(=O)N1CCCC(C(=O)NCCC2CCCNC2)C1.Cl. The molecule has 5 nitrogen and oxygen atoms in total. The molecule has 0 aromatic heterocycles. The summed E-state index contributed by atoms with van der Waals surface area (Å²) in [6.07, 6.45) is 6.27. The van der Waals surface area contributed by atoms with Crippen molar-refractivity contribution in [3.8, 4) is 0 Å². The highest BCUT2D eigenvalue weighted by atomic mass is 35.5. The molecule has 2 fully saturated rings. The molecule has 0 aromatic carbocycles. The van der Waals surface area contributed by atoms with E-state index in [1.165, 1.54) is 12.8 Å². The Bertz CT molecular complexity index is 400. The van der Waals surface area contributed by atoms with E-state index in [0.717, 1.165) is 51.9 Å². The molecule has 6 heteroatoms. The number of halogens is 1. The molecule has 2 aliphatic rings. The Morgan fingerprint density at radius 1 is 1.29 bits per heavy atom. The number of nitrogens with one attached hydrogen (secondary N) is 2. The number of likely N-dealkylation sites (tertiary alicyclic amines) is 1. The van der Waals surface area contributed by atoms with Gasteiger partial charge in [-0.25, -0.2) is 0 Å². The number of carbonyl (C=O) groups is 2. The van der Waals surface area contributed by atoms with Crippen molar-refractivity contribution in [1.82, 2.24) is 15.5 Å². The third-order valence-electron chi connectivity index (χ3n) is 5.39. The van der Waals surface area contributed by atoms with Gasteiger partial charge in [0.25, 0.3) is 0 Å². The zero-order valence-corrected chi connectivity index (χ0v) is 16.0. The Balaban J connectivity index is 0.00000288. The monoisotopic (exact) mass is 359 g/mol. The molecule has 140 valence electrons. The highest BCUT2D eigenvalue weighted by molar-refractivity contribution is 5.85. The molecule has 0 saturated carbocycles. The summed E-state index contributed by atoms with van der Waals surface area (Å²) in [6, 6.07) is 0. The second-order valence-corrected chi connectivity index (χ2v) is 7.22. The van der Waals surface area contributed by atoms with Gasteiger partial charge in [-0.05, 0) is 57.5 Å². The van der Waals surface area contributed by atoms with Crippen LogP contribution in [0.3, 0.4) is 0 Å². The van der Waals surface area contributed by atoms with Gasteiger partial charge >= 0.3 is 0 Å².